The highest BCUT2D eigenvalue weighted by atomic mass is 79.9. The Bertz CT molecular complexity index is 293. The van der Waals surface area contributed by atoms with Crippen LogP contribution < -0.4 is 4.90 Å². The minimum atomic E-state index is 0.350. The topological polar surface area (TPSA) is 38.2 Å². The van der Waals surface area contributed by atoms with Crippen LogP contribution in [0.25, 0.3) is 0 Å². The van der Waals surface area contributed by atoms with Crippen molar-refractivity contribution in [3.05, 3.63) is 3.92 Å². The Morgan fingerprint density at radius 2 is 2.46 bits per heavy atom. The van der Waals surface area contributed by atoms with E-state index in [1.165, 1.54) is 0 Å². The van der Waals surface area contributed by atoms with Gasteiger partial charge in [-0.2, -0.15) is 0 Å². The third-order valence-electron chi connectivity index (χ3n) is 2.14. The van der Waals surface area contributed by atoms with Gasteiger partial charge in [-0.25, -0.2) is 0 Å². The summed E-state index contributed by atoms with van der Waals surface area (Å²) in [5.74, 6) is 0. The van der Waals surface area contributed by atoms with Crippen LogP contribution in [-0.2, 0) is 4.74 Å². The van der Waals surface area contributed by atoms with Gasteiger partial charge in [0, 0.05) is 20.2 Å². The van der Waals surface area contributed by atoms with Crippen LogP contribution in [0.5, 0.6) is 0 Å². The first-order valence-electron chi connectivity index (χ1n) is 4.06. The molecule has 0 radical (unpaired) electrons. The van der Waals surface area contributed by atoms with E-state index in [1.54, 1.807) is 18.4 Å². The molecule has 1 aromatic heterocycles. The van der Waals surface area contributed by atoms with Gasteiger partial charge in [-0.15, -0.1) is 10.2 Å². The second-order valence-corrected chi connectivity index (χ2v) is 5.16. The van der Waals surface area contributed by atoms with E-state index in [9.17, 15) is 0 Å². The van der Waals surface area contributed by atoms with E-state index >= 15 is 0 Å². The molecule has 2 rings (SSSR count). The lowest BCUT2D eigenvalue weighted by Gasteiger charge is -2.12. The van der Waals surface area contributed by atoms with E-state index in [0.29, 0.717) is 6.10 Å². The van der Waals surface area contributed by atoms with Crippen molar-refractivity contribution in [3.63, 3.8) is 0 Å². The molecule has 0 saturated carbocycles. The number of hydrogen-bond acceptors (Lipinski definition) is 5. The van der Waals surface area contributed by atoms with Crippen molar-refractivity contribution in [2.45, 2.75) is 12.5 Å². The van der Waals surface area contributed by atoms with Gasteiger partial charge in [0.05, 0.1) is 6.10 Å². The minimum absolute atomic E-state index is 0.350. The highest BCUT2D eigenvalue weighted by molar-refractivity contribution is 9.11. The standard InChI is InChI=1S/C7H10BrN3OS/c1-12-5-2-3-11(4-5)7-10-9-6(8)13-7/h5H,2-4H2,1H3/t5-/m1/s1. The fourth-order valence-electron chi connectivity index (χ4n) is 1.42. The Hall–Kier alpha value is -0.200. The van der Waals surface area contributed by atoms with Gasteiger partial charge in [0.1, 0.15) is 0 Å². The molecule has 0 amide bonds. The van der Waals surface area contributed by atoms with Gasteiger partial charge in [-0.05, 0) is 22.4 Å². The van der Waals surface area contributed by atoms with Crippen molar-refractivity contribution in [2.24, 2.45) is 0 Å². The molecule has 6 heteroatoms. The Balaban J connectivity index is 2.03. The van der Waals surface area contributed by atoms with E-state index in [-0.39, 0.29) is 0 Å². The molecule has 1 saturated heterocycles. The third-order valence-corrected chi connectivity index (χ3v) is 3.56. The maximum absolute atomic E-state index is 5.27. The lowest BCUT2D eigenvalue weighted by Crippen LogP contribution is -2.21. The summed E-state index contributed by atoms with van der Waals surface area (Å²) in [6.07, 6.45) is 1.43. The monoisotopic (exact) mass is 263 g/mol. The van der Waals surface area contributed by atoms with Crippen LogP contribution in [0.1, 0.15) is 6.42 Å². The van der Waals surface area contributed by atoms with Gasteiger partial charge in [-0.3, -0.25) is 0 Å². The average molecular weight is 264 g/mol. The lowest BCUT2D eigenvalue weighted by molar-refractivity contribution is 0.121. The summed E-state index contributed by atoms with van der Waals surface area (Å²) in [6, 6.07) is 0. The molecule has 1 aliphatic rings. The number of rotatable bonds is 2. The molecule has 1 fully saturated rings. The van der Waals surface area contributed by atoms with E-state index in [4.69, 9.17) is 4.74 Å². The number of nitrogens with zero attached hydrogens (tertiary/aromatic N) is 3. The van der Waals surface area contributed by atoms with Crippen LogP contribution in [-0.4, -0.2) is 36.5 Å². The molecule has 0 bridgehead atoms. The SMILES string of the molecule is CO[C@@H]1CCN(c2nnc(Br)s2)C1. The van der Waals surface area contributed by atoms with Crippen molar-refractivity contribution in [1.29, 1.82) is 0 Å². The smallest absolute Gasteiger partial charge is 0.209 e. The predicted octanol–water partition coefficient (Wildman–Crippen LogP) is 1.53. The molecule has 0 aromatic carbocycles. The van der Waals surface area contributed by atoms with Crippen LogP contribution in [0.4, 0.5) is 5.13 Å². The minimum Gasteiger partial charge on any atom is -0.380 e. The molecule has 0 unspecified atom stereocenters. The zero-order valence-electron chi connectivity index (χ0n) is 7.23. The molecule has 4 nitrogen and oxygen atoms in total. The van der Waals surface area contributed by atoms with Crippen LogP contribution in [0.3, 0.4) is 0 Å². The molecule has 0 N–H and O–H groups in total. The van der Waals surface area contributed by atoms with Crippen molar-refractivity contribution < 1.29 is 4.74 Å². The van der Waals surface area contributed by atoms with Gasteiger partial charge in [0.25, 0.3) is 0 Å². The Kier molecular flexibility index (Phi) is 2.80. The van der Waals surface area contributed by atoms with Crippen molar-refractivity contribution in [2.75, 3.05) is 25.1 Å². The summed E-state index contributed by atoms with van der Waals surface area (Å²) in [4.78, 5) is 2.20. The van der Waals surface area contributed by atoms with Crippen LogP contribution in [0.15, 0.2) is 3.92 Å². The van der Waals surface area contributed by atoms with Gasteiger partial charge < -0.3 is 9.64 Å². The second-order valence-electron chi connectivity index (χ2n) is 2.93. The number of halogens is 1. The highest BCUT2D eigenvalue weighted by Crippen LogP contribution is 2.27. The number of methoxy groups -OCH3 is 1. The molecule has 2 heterocycles. The molecule has 1 atom stereocenters. The first-order chi connectivity index (χ1) is 6.29. The number of aromatic nitrogens is 2. The van der Waals surface area contributed by atoms with Gasteiger partial charge >= 0.3 is 0 Å². The van der Waals surface area contributed by atoms with Gasteiger partial charge in [0.15, 0.2) is 3.92 Å². The normalized spacial score (nSPS) is 22.6. The molecular weight excluding hydrogens is 254 g/mol. The Morgan fingerprint density at radius 1 is 1.62 bits per heavy atom. The van der Waals surface area contributed by atoms with Gasteiger partial charge in [-0.1, -0.05) is 11.3 Å². The first kappa shape index (κ1) is 9.36. The zero-order chi connectivity index (χ0) is 9.26. The largest absolute Gasteiger partial charge is 0.380 e. The summed E-state index contributed by atoms with van der Waals surface area (Å²) in [7, 11) is 1.75. The summed E-state index contributed by atoms with van der Waals surface area (Å²) in [5, 5.41) is 8.95. The first-order valence-corrected chi connectivity index (χ1v) is 5.67. The summed E-state index contributed by atoms with van der Waals surface area (Å²) < 4.78 is 6.11. The van der Waals surface area contributed by atoms with Crippen molar-refractivity contribution >= 4 is 32.4 Å². The maximum atomic E-state index is 5.27. The fraction of sp³-hybridized carbons (Fsp3) is 0.714. The molecule has 72 valence electrons. The molecule has 13 heavy (non-hydrogen) atoms. The van der Waals surface area contributed by atoms with E-state index in [2.05, 4.69) is 31.0 Å². The predicted molar refractivity (Wildman–Crippen MR) is 55.2 cm³/mol. The van der Waals surface area contributed by atoms with E-state index < -0.39 is 0 Å². The number of ether oxygens (including phenoxy) is 1. The number of hydrogen-bond donors (Lipinski definition) is 0. The third kappa shape index (κ3) is 2.00. The van der Waals surface area contributed by atoms with Crippen LogP contribution in [0, 0.1) is 0 Å². The van der Waals surface area contributed by atoms with E-state index in [1.807, 2.05) is 0 Å². The Labute approximate surface area is 89.0 Å². The molecular formula is C7H10BrN3OS. The average Bonchev–Trinajstić information content (AvgIpc) is 2.71. The quantitative estimate of drug-likeness (QED) is 0.811. The molecule has 0 aliphatic carbocycles. The van der Waals surface area contributed by atoms with Gasteiger partial charge in [0.2, 0.25) is 5.13 Å². The molecule has 1 aliphatic heterocycles. The van der Waals surface area contributed by atoms with E-state index in [0.717, 1.165) is 28.6 Å². The van der Waals surface area contributed by atoms with Crippen LogP contribution >= 0.6 is 27.3 Å². The Morgan fingerprint density at radius 3 is 3.00 bits per heavy atom. The molecule has 0 spiro atoms. The summed E-state index contributed by atoms with van der Waals surface area (Å²) in [6.45, 7) is 1.94. The molecule has 1 aromatic rings. The number of anilines is 1. The summed E-state index contributed by atoms with van der Waals surface area (Å²) in [5.41, 5.74) is 0. The maximum Gasteiger partial charge on any atom is 0.209 e. The second kappa shape index (κ2) is 3.89. The van der Waals surface area contributed by atoms with Crippen molar-refractivity contribution in [1.82, 2.24) is 10.2 Å². The fourth-order valence-corrected chi connectivity index (χ4v) is 2.54. The van der Waals surface area contributed by atoms with Crippen LogP contribution in [0.2, 0.25) is 0 Å². The highest BCUT2D eigenvalue weighted by Gasteiger charge is 2.24. The lowest BCUT2D eigenvalue weighted by atomic mass is 10.3. The summed E-state index contributed by atoms with van der Waals surface area (Å²) >= 11 is 4.86. The zero-order valence-corrected chi connectivity index (χ0v) is 9.64. The van der Waals surface area contributed by atoms with Crippen molar-refractivity contribution in [3.8, 4) is 0 Å².